The van der Waals surface area contributed by atoms with Crippen LogP contribution in [0.25, 0.3) is 43.8 Å². The van der Waals surface area contributed by atoms with E-state index in [0.717, 1.165) is 73.4 Å². The van der Waals surface area contributed by atoms with Gasteiger partial charge in [-0.3, -0.25) is 0 Å². The highest BCUT2D eigenvalue weighted by Crippen LogP contribution is 2.42. The van der Waals surface area contributed by atoms with Crippen molar-refractivity contribution in [3.8, 4) is 22.3 Å². The second-order valence-electron chi connectivity index (χ2n) is 16.2. The second-order valence-corrected chi connectivity index (χ2v) is 16.2. The van der Waals surface area contributed by atoms with Crippen LogP contribution in [0.3, 0.4) is 0 Å². The lowest BCUT2D eigenvalue weighted by Gasteiger charge is -2.27. The summed E-state index contributed by atoms with van der Waals surface area (Å²) >= 11 is 0. The zero-order chi connectivity index (χ0) is 43.4. The molecule has 0 aliphatic heterocycles. The summed E-state index contributed by atoms with van der Waals surface area (Å²) in [7, 11) is 0. The predicted octanol–water partition coefficient (Wildman–Crippen LogP) is 17.7. The molecule has 11 aromatic carbocycles. The Labute approximate surface area is 381 Å². The summed E-state index contributed by atoms with van der Waals surface area (Å²) in [4.78, 5) is 6.99. The van der Waals surface area contributed by atoms with E-state index in [9.17, 15) is 0 Å². The number of anilines is 9. The van der Waals surface area contributed by atoms with E-state index in [-0.39, 0.29) is 0 Å². The Morgan fingerprint density at radius 1 is 0.185 bits per heavy atom. The van der Waals surface area contributed by atoms with Crippen molar-refractivity contribution in [3.05, 3.63) is 273 Å². The average molecular weight is 832 g/mol. The van der Waals surface area contributed by atoms with Crippen molar-refractivity contribution >= 4 is 72.7 Å². The van der Waals surface area contributed by atoms with Crippen molar-refractivity contribution in [2.24, 2.45) is 0 Å². The SMILES string of the molecule is c1ccc(N(c2ccc(-c3ccc(N(c4ccccc4)c4ccc5ccccc5c4)cc3)cc2)c2ccc(-c3ccc(N(c4ccccc4)c4cccc5ccccc45)cc3)cc2)cc1. The molecule has 3 heteroatoms. The first-order valence-electron chi connectivity index (χ1n) is 22.2. The summed E-state index contributed by atoms with van der Waals surface area (Å²) in [5.74, 6) is 0. The van der Waals surface area contributed by atoms with Crippen molar-refractivity contribution < 1.29 is 0 Å². The molecule has 11 rings (SSSR count). The molecule has 0 fully saturated rings. The molecule has 65 heavy (non-hydrogen) atoms. The first kappa shape index (κ1) is 39.2. The van der Waals surface area contributed by atoms with E-state index in [4.69, 9.17) is 0 Å². The number of hydrogen-bond donors (Lipinski definition) is 0. The minimum atomic E-state index is 1.09. The zero-order valence-electron chi connectivity index (χ0n) is 35.8. The molecule has 0 spiro atoms. The van der Waals surface area contributed by atoms with Crippen LogP contribution >= 0.6 is 0 Å². The van der Waals surface area contributed by atoms with Crippen molar-refractivity contribution in [2.75, 3.05) is 14.7 Å². The standard InChI is InChI=1S/C62H45N3/c1-4-19-53(20-5-1)63(56-36-27-47(28-37-56)49-31-40-58(41-32-49)64(54-21-6-2-7-22-54)60-44-35-46-15-10-11-17-52(46)45-60)57-38-29-48(30-39-57)50-33-42-59(43-34-50)65(55-23-8-3-9-24-55)62-26-14-18-51-16-12-13-25-61(51)62/h1-45H. The number of benzene rings is 11. The van der Waals surface area contributed by atoms with Gasteiger partial charge in [-0.1, -0.05) is 170 Å². The monoisotopic (exact) mass is 831 g/mol. The highest BCUT2D eigenvalue weighted by atomic mass is 15.2. The molecule has 0 N–H and O–H groups in total. The van der Waals surface area contributed by atoms with Gasteiger partial charge in [0.15, 0.2) is 0 Å². The van der Waals surface area contributed by atoms with Crippen LogP contribution in [0.4, 0.5) is 51.2 Å². The summed E-state index contributed by atoms with van der Waals surface area (Å²) in [5, 5.41) is 4.89. The summed E-state index contributed by atoms with van der Waals surface area (Å²) in [6.45, 7) is 0. The number of hydrogen-bond acceptors (Lipinski definition) is 3. The van der Waals surface area contributed by atoms with E-state index >= 15 is 0 Å². The van der Waals surface area contributed by atoms with Crippen LogP contribution in [0.1, 0.15) is 0 Å². The predicted molar refractivity (Wildman–Crippen MR) is 276 cm³/mol. The second kappa shape index (κ2) is 17.6. The molecule has 3 nitrogen and oxygen atoms in total. The number of fused-ring (bicyclic) bond motifs is 2. The fraction of sp³-hybridized carbons (Fsp3) is 0. The molecular weight excluding hydrogens is 787 g/mol. The first-order valence-corrected chi connectivity index (χ1v) is 22.2. The quantitative estimate of drug-likeness (QED) is 0.129. The van der Waals surface area contributed by atoms with E-state index in [1.807, 2.05) is 0 Å². The third-order valence-electron chi connectivity index (χ3n) is 12.2. The van der Waals surface area contributed by atoms with Gasteiger partial charge in [-0.25, -0.2) is 0 Å². The van der Waals surface area contributed by atoms with Gasteiger partial charge in [-0.2, -0.15) is 0 Å². The van der Waals surface area contributed by atoms with Gasteiger partial charge >= 0.3 is 0 Å². The minimum Gasteiger partial charge on any atom is -0.311 e. The van der Waals surface area contributed by atoms with Gasteiger partial charge in [0.25, 0.3) is 0 Å². The third kappa shape index (κ3) is 7.99. The molecule has 0 aliphatic rings. The lowest BCUT2D eigenvalue weighted by Crippen LogP contribution is -2.10. The van der Waals surface area contributed by atoms with E-state index < -0.39 is 0 Å². The normalized spacial score (nSPS) is 11.1. The Hall–Kier alpha value is -8.66. The maximum Gasteiger partial charge on any atom is 0.0540 e. The molecule has 0 bridgehead atoms. The van der Waals surface area contributed by atoms with Crippen LogP contribution < -0.4 is 14.7 Å². The average Bonchev–Trinajstić information content (AvgIpc) is 3.38. The van der Waals surface area contributed by atoms with E-state index in [1.165, 1.54) is 21.5 Å². The maximum atomic E-state index is 2.35. The summed E-state index contributed by atoms with van der Waals surface area (Å²) in [5.41, 5.74) is 14.7. The number of para-hydroxylation sites is 3. The van der Waals surface area contributed by atoms with Gasteiger partial charge in [0, 0.05) is 50.9 Å². The van der Waals surface area contributed by atoms with Crippen molar-refractivity contribution in [2.45, 2.75) is 0 Å². The fourth-order valence-electron chi connectivity index (χ4n) is 8.98. The Kier molecular flexibility index (Phi) is 10.6. The van der Waals surface area contributed by atoms with Gasteiger partial charge in [0.2, 0.25) is 0 Å². The molecule has 308 valence electrons. The van der Waals surface area contributed by atoms with E-state index in [1.54, 1.807) is 0 Å². The lowest BCUT2D eigenvalue weighted by molar-refractivity contribution is 1.28. The molecule has 0 radical (unpaired) electrons. The van der Waals surface area contributed by atoms with Crippen molar-refractivity contribution in [1.82, 2.24) is 0 Å². The van der Waals surface area contributed by atoms with Crippen LogP contribution in [-0.2, 0) is 0 Å². The van der Waals surface area contributed by atoms with Crippen LogP contribution in [0.15, 0.2) is 273 Å². The Morgan fingerprint density at radius 2 is 0.508 bits per heavy atom. The zero-order valence-corrected chi connectivity index (χ0v) is 35.8. The number of nitrogens with zero attached hydrogens (tertiary/aromatic N) is 3. The summed E-state index contributed by atoms with van der Waals surface area (Å²) < 4.78 is 0. The van der Waals surface area contributed by atoms with Gasteiger partial charge in [0.1, 0.15) is 0 Å². The van der Waals surface area contributed by atoms with Crippen LogP contribution in [-0.4, -0.2) is 0 Å². The molecular formula is C62H45N3. The largest absolute Gasteiger partial charge is 0.311 e. The molecule has 0 aliphatic carbocycles. The lowest BCUT2D eigenvalue weighted by atomic mass is 10.0. The van der Waals surface area contributed by atoms with E-state index in [0.29, 0.717) is 0 Å². The van der Waals surface area contributed by atoms with Crippen LogP contribution in [0.2, 0.25) is 0 Å². The first-order chi connectivity index (χ1) is 32.2. The highest BCUT2D eigenvalue weighted by Gasteiger charge is 2.17. The minimum absolute atomic E-state index is 1.09. The van der Waals surface area contributed by atoms with Crippen LogP contribution in [0.5, 0.6) is 0 Å². The molecule has 11 aromatic rings. The van der Waals surface area contributed by atoms with Crippen molar-refractivity contribution in [3.63, 3.8) is 0 Å². The summed E-state index contributed by atoms with van der Waals surface area (Å²) in [6, 6.07) is 97.8. The fourth-order valence-corrected chi connectivity index (χ4v) is 8.98. The van der Waals surface area contributed by atoms with Gasteiger partial charge in [-0.15, -0.1) is 0 Å². The molecule has 0 atom stereocenters. The third-order valence-corrected chi connectivity index (χ3v) is 12.2. The summed E-state index contributed by atoms with van der Waals surface area (Å²) in [6.07, 6.45) is 0. The van der Waals surface area contributed by atoms with Gasteiger partial charge in [-0.05, 0) is 142 Å². The molecule has 0 aromatic heterocycles. The molecule has 0 saturated heterocycles. The van der Waals surface area contributed by atoms with Crippen molar-refractivity contribution in [1.29, 1.82) is 0 Å². The molecule has 0 amide bonds. The topological polar surface area (TPSA) is 9.72 Å². The molecule has 0 heterocycles. The highest BCUT2D eigenvalue weighted by molar-refractivity contribution is 5.99. The molecule has 0 unspecified atom stereocenters. The van der Waals surface area contributed by atoms with Gasteiger partial charge < -0.3 is 14.7 Å². The Balaban J connectivity index is 0.864. The maximum absolute atomic E-state index is 2.35. The Morgan fingerprint density at radius 3 is 0.985 bits per heavy atom. The molecule has 0 saturated carbocycles. The number of rotatable bonds is 11. The van der Waals surface area contributed by atoms with Crippen LogP contribution in [0, 0.1) is 0 Å². The van der Waals surface area contributed by atoms with E-state index in [2.05, 4.69) is 288 Å². The van der Waals surface area contributed by atoms with Gasteiger partial charge in [0.05, 0.1) is 5.69 Å². The Bertz CT molecular complexity index is 3330. The smallest absolute Gasteiger partial charge is 0.0540 e.